The van der Waals surface area contributed by atoms with E-state index in [0.717, 1.165) is 10.9 Å². The van der Waals surface area contributed by atoms with Gasteiger partial charge in [-0.1, -0.05) is 66.2 Å². The van der Waals surface area contributed by atoms with Crippen molar-refractivity contribution in [2.45, 2.75) is 23.3 Å². The van der Waals surface area contributed by atoms with Crippen LogP contribution in [-0.4, -0.2) is 37.2 Å². The summed E-state index contributed by atoms with van der Waals surface area (Å²) >= 11 is 6.21. The Morgan fingerprint density at radius 3 is 2.32 bits per heavy atom. The van der Waals surface area contributed by atoms with Gasteiger partial charge in [0, 0.05) is 24.0 Å². The molecule has 0 aliphatic rings. The molecule has 34 heavy (non-hydrogen) atoms. The summed E-state index contributed by atoms with van der Waals surface area (Å²) in [6, 6.07) is 19.0. The highest BCUT2D eigenvalue weighted by Gasteiger charge is 2.33. The Morgan fingerprint density at radius 2 is 1.62 bits per heavy atom. The van der Waals surface area contributed by atoms with Gasteiger partial charge in [0.1, 0.15) is 16.3 Å². The number of benzene rings is 3. The molecular weight excluding hydrogens is 474 g/mol. The average Bonchev–Trinajstić information content (AvgIpc) is 3.17. The van der Waals surface area contributed by atoms with Crippen molar-refractivity contribution in [1.82, 2.24) is 9.88 Å². The number of primary amides is 1. The van der Waals surface area contributed by atoms with E-state index in [4.69, 9.17) is 17.3 Å². The van der Waals surface area contributed by atoms with Crippen molar-refractivity contribution in [3.8, 4) is 0 Å². The third-order valence-electron chi connectivity index (χ3n) is 5.67. The summed E-state index contributed by atoms with van der Waals surface area (Å²) in [6.45, 7) is 1.67. The van der Waals surface area contributed by atoms with Gasteiger partial charge in [-0.15, -0.1) is 0 Å². The number of fused-ring (bicyclic) bond motifs is 1. The molecule has 0 saturated carbocycles. The fourth-order valence-electron chi connectivity index (χ4n) is 3.98. The maximum Gasteiger partial charge on any atom is 0.270 e. The number of nitrogens with one attached hydrogen (secondary N) is 1. The van der Waals surface area contributed by atoms with Crippen LogP contribution in [0.2, 0.25) is 5.02 Å². The third-order valence-corrected chi connectivity index (χ3v) is 8.02. The number of halogens is 1. The van der Waals surface area contributed by atoms with Crippen LogP contribution >= 0.6 is 11.6 Å². The van der Waals surface area contributed by atoms with E-state index >= 15 is 0 Å². The Morgan fingerprint density at radius 1 is 0.971 bits per heavy atom. The number of carbonyl (C=O) groups is 2. The molecule has 7 nitrogen and oxygen atoms in total. The predicted octanol–water partition coefficient (Wildman–Crippen LogP) is 4.33. The minimum absolute atomic E-state index is 0.0258. The Labute approximate surface area is 202 Å². The molecule has 174 valence electrons. The second-order valence-electron chi connectivity index (χ2n) is 7.93. The van der Waals surface area contributed by atoms with E-state index in [-0.39, 0.29) is 33.3 Å². The fourth-order valence-corrected chi connectivity index (χ4v) is 6.06. The lowest BCUT2D eigenvalue weighted by Gasteiger charge is -2.18. The molecule has 9 heteroatoms. The van der Waals surface area contributed by atoms with Crippen LogP contribution in [0.3, 0.4) is 0 Å². The zero-order valence-electron chi connectivity index (χ0n) is 18.5. The zero-order chi connectivity index (χ0) is 24.6. The highest BCUT2D eigenvalue weighted by atomic mass is 35.5. The quantitative estimate of drug-likeness (QED) is 0.414. The summed E-state index contributed by atoms with van der Waals surface area (Å²) in [7, 11) is -2.64. The van der Waals surface area contributed by atoms with Gasteiger partial charge in [-0.2, -0.15) is 0 Å². The third kappa shape index (κ3) is 4.06. The van der Waals surface area contributed by atoms with Crippen LogP contribution in [0.4, 0.5) is 0 Å². The largest absolute Gasteiger partial charge is 0.364 e. The molecule has 1 aromatic heterocycles. The van der Waals surface area contributed by atoms with Crippen LogP contribution in [0.1, 0.15) is 32.1 Å². The second-order valence-corrected chi connectivity index (χ2v) is 10.2. The van der Waals surface area contributed by atoms with Gasteiger partial charge in [-0.05, 0) is 35.6 Å². The van der Waals surface area contributed by atoms with E-state index in [9.17, 15) is 18.0 Å². The average molecular weight is 496 g/mol. The summed E-state index contributed by atoms with van der Waals surface area (Å²) in [5, 5.41) is 1.74. The zero-order valence-corrected chi connectivity index (χ0v) is 20.1. The molecular formula is C25H22ClN3O4S. The first-order valence-electron chi connectivity index (χ1n) is 10.4. The highest BCUT2D eigenvalue weighted by Crippen LogP contribution is 2.33. The topological polar surface area (TPSA) is 113 Å². The van der Waals surface area contributed by atoms with Gasteiger partial charge in [-0.25, -0.2) is 8.42 Å². The molecule has 3 N–H and O–H groups in total. The van der Waals surface area contributed by atoms with Crippen molar-refractivity contribution in [2.24, 2.45) is 5.73 Å². The van der Waals surface area contributed by atoms with Gasteiger partial charge in [0.2, 0.25) is 9.84 Å². The normalized spacial score (nSPS) is 11.5. The van der Waals surface area contributed by atoms with Gasteiger partial charge in [0.25, 0.3) is 11.8 Å². The summed E-state index contributed by atoms with van der Waals surface area (Å²) in [5.74, 6) is -1.48. The van der Waals surface area contributed by atoms with Gasteiger partial charge in [-0.3, -0.25) is 9.59 Å². The van der Waals surface area contributed by atoms with Crippen LogP contribution in [-0.2, 0) is 16.4 Å². The molecule has 3 aromatic carbocycles. The highest BCUT2D eigenvalue weighted by molar-refractivity contribution is 7.91. The number of nitrogens with zero attached hydrogens (tertiary/aromatic N) is 1. The van der Waals surface area contributed by atoms with E-state index < -0.39 is 21.7 Å². The van der Waals surface area contributed by atoms with Crippen molar-refractivity contribution in [3.05, 3.63) is 94.3 Å². The number of H-pyrrole nitrogens is 1. The first-order valence-corrected chi connectivity index (χ1v) is 12.2. The number of rotatable bonds is 6. The number of aromatic nitrogens is 1. The lowest BCUT2D eigenvalue weighted by molar-refractivity contribution is 0.0779. The first kappa shape index (κ1) is 23.5. The first-order chi connectivity index (χ1) is 16.1. The number of aromatic amines is 1. The number of hydrogen-bond donors (Lipinski definition) is 2. The molecule has 0 fully saturated rings. The van der Waals surface area contributed by atoms with Gasteiger partial charge >= 0.3 is 0 Å². The monoisotopic (exact) mass is 495 g/mol. The Balaban J connectivity index is 1.82. The van der Waals surface area contributed by atoms with E-state index in [1.54, 1.807) is 67.7 Å². The fraction of sp³-hybridized carbons (Fsp3) is 0.120. The minimum Gasteiger partial charge on any atom is -0.364 e. The number of nitrogens with two attached hydrogens (primary N) is 1. The molecule has 2 amide bonds. The lowest BCUT2D eigenvalue weighted by atomic mass is 10.1. The molecule has 0 saturated heterocycles. The van der Waals surface area contributed by atoms with Crippen LogP contribution in [0.25, 0.3) is 10.8 Å². The second kappa shape index (κ2) is 8.96. The summed E-state index contributed by atoms with van der Waals surface area (Å²) in [6.07, 6.45) is 0. The Hall–Kier alpha value is -3.62. The van der Waals surface area contributed by atoms with Crippen LogP contribution in [0.15, 0.2) is 76.5 Å². The predicted molar refractivity (Wildman–Crippen MR) is 131 cm³/mol. The van der Waals surface area contributed by atoms with Crippen molar-refractivity contribution in [3.63, 3.8) is 0 Å². The Kier molecular flexibility index (Phi) is 6.20. The standard InChI is InChI=1S/C25H22ClN3O4S/c1-15-21(25(31)29(2)14-17-9-4-6-12-19(17)26)28-22(24(27)30)23(15)34(32,33)20-13-7-10-16-8-3-5-11-18(16)20/h3-13,28H,14H2,1-2H3,(H2,27,30). The Bertz CT molecular complexity index is 1540. The van der Waals surface area contributed by atoms with Crippen molar-refractivity contribution in [1.29, 1.82) is 0 Å². The van der Waals surface area contributed by atoms with E-state index in [2.05, 4.69) is 4.98 Å². The molecule has 0 spiro atoms. The van der Waals surface area contributed by atoms with Gasteiger partial charge in [0.15, 0.2) is 0 Å². The number of hydrogen-bond acceptors (Lipinski definition) is 4. The van der Waals surface area contributed by atoms with Crippen molar-refractivity contribution >= 4 is 44.0 Å². The summed E-state index contributed by atoms with van der Waals surface area (Å²) in [4.78, 5) is 29.3. The summed E-state index contributed by atoms with van der Waals surface area (Å²) in [5.41, 5.74) is 6.02. The molecule has 4 aromatic rings. The minimum atomic E-state index is -4.20. The summed E-state index contributed by atoms with van der Waals surface area (Å²) < 4.78 is 27.5. The SMILES string of the molecule is Cc1c(C(=O)N(C)Cc2ccccc2Cl)[nH]c(C(N)=O)c1S(=O)(=O)c1cccc2ccccc12. The lowest BCUT2D eigenvalue weighted by Crippen LogP contribution is -2.27. The number of carbonyl (C=O) groups excluding carboxylic acids is 2. The van der Waals surface area contributed by atoms with Crippen LogP contribution in [0, 0.1) is 6.92 Å². The number of amides is 2. The van der Waals surface area contributed by atoms with Crippen LogP contribution < -0.4 is 5.73 Å². The van der Waals surface area contributed by atoms with E-state index in [1.165, 1.54) is 17.9 Å². The van der Waals surface area contributed by atoms with Crippen molar-refractivity contribution in [2.75, 3.05) is 7.05 Å². The van der Waals surface area contributed by atoms with Gasteiger partial charge in [0.05, 0.1) is 4.90 Å². The van der Waals surface area contributed by atoms with E-state index in [1.807, 2.05) is 0 Å². The van der Waals surface area contributed by atoms with E-state index in [0.29, 0.717) is 10.4 Å². The molecule has 0 bridgehead atoms. The van der Waals surface area contributed by atoms with Crippen LogP contribution in [0.5, 0.6) is 0 Å². The number of sulfone groups is 1. The molecule has 0 atom stereocenters. The molecule has 4 rings (SSSR count). The van der Waals surface area contributed by atoms with Crippen molar-refractivity contribution < 1.29 is 18.0 Å². The molecule has 0 unspecified atom stereocenters. The van der Waals surface area contributed by atoms with Gasteiger partial charge < -0.3 is 15.6 Å². The smallest absolute Gasteiger partial charge is 0.270 e. The molecule has 0 radical (unpaired) electrons. The maximum absolute atomic E-state index is 13.8. The maximum atomic E-state index is 13.8. The molecule has 1 heterocycles. The molecule has 0 aliphatic heterocycles. The molecule has 0 aliphatic carbocycles.